The Bertz CT molecular complexity index is 1360. The van der Waals surface area contributed by atoms with Crippen LogP contribution >= 0.6 is 0 Å². The molecule has 0 aliphatic heterocycles. The van der Waals surface area contributed by atoms with Crippen molar-refractivity contribution in [3.63, 3.8) is 0 Å². The number of aryl methyl sites for hydroxylation is 1. The van der Waals surface area contributed by atoms with Crippen molar-refractivity contribution in [3.8, 4) is 16.9 Å². The lowest BCUT2D eigenvalue weighted by Gasteiger charge is -2.25. The van der Waals surface area contributed by atoms with Crippen LogP contribution in [0, 0.1) is 5.82 Å². The number of rotatable bonds is 7. The second-order valence-corrected chi connectivity index (χ2v) is 9.94. The molecular weight excluding hydrogens is 441 g/mol. The van der Waals surface area contributed by atoms with Crippen molar-refractivity contribution in [1.29, 1.82) is 0 Å². The van der Waals surface area contributed by atoms with Gasteiger partial charge in [0.2, 0.25) is 0 Å². The van der Waals surface area contributed by atoms with Crippen LogP contribution in [0.25, 0.3) is 22.0 Å². The minimum atomic E-state index is -3.90. The van der Waals surface area contributed by atoms with E-state index in [1.807, 2.05) is 0 Å². The van der Waals surface area contributed by atoms with E-state index >= 15 is 0 Å². The Hall–Kier alpha value is -3.31. The van der Waals surface area contributed by atoms with Crippen LogP contribution in [0.2, 0.25) is 0 Å². The predicted octanol–water partition coefficient (Wildman–Crippen LogP) is 1.91. The van der Waals surface area contributed by atoms with E-state index in [-0.39, 0.29) is 29.7 Å². The lowest BCUT2D eigenvalue weighted by atomic mass is 10.0. The number of methoxy groups -OCH3 is 1. The Morgan fingerprint density at radius 1 is 1.31 bits per heavy atom. The van der Waals surface area contributed by atoms with E-state index in [0.717, 1.165) is 6.26 Å². The number of hydroxylamine groups is 1. The predicted molar refractivity (Wildman–Crippen MR) is 116 cm³/mol. The summed E-state index contributed by atoms with van der Waals surface area (Å²) in [6.07, 6.45) is 1.84. The van der Waals surface area contributed by atoms with Crippen LogP contribution in [0.4, 0.5) is 4.39 Å². The standard InChI is InChI=1S/C21H22FN3O6S/c1-21(20(27)24-28,32(3,29)30)9-10-25-12-23-16-11-13(7-8-15(16)19(25)26)14-5-4-6-17(31-2)18(14)22/h4-8,11-12,28H,9-10H2,1-3H3,(H,24,27)/t21-/m1/s1. The molecule has 3 rings (SSSR count). The zero-order valence-corrected chi connectivity index (χ0v) is 18.4. The molecule has 0 aliphatic carbocycles. The van der Waals surface area contributed by atoms with Gasteiger partial charge in [-0.15, -0.1) is 0 Å². The van der Waals surface area contributed by atoms with Crippen LogP contribution in [0.5, 0.6) is 5.75 Å². The number of aromatic nitrogens is 2. The summed E-state index contributed by atoms with van der Waals surface area (Å²) in [5, 5.41) is 9.16. The maximum atomic E-state index is 14.6. The number of carbonyl (C=O) groups is 1. The summed E-state index contributed by atoms with van der Waals surface area (Å²) in [6, 6.07) is 9.38. The number of carbonyl (C=O) groups excluding carboxylic acids is 1. The molecule has 1 atom stereocenters. The first-order valence-corrected chi connectivity index (χ1v) is 11.4. The van der Waals surface area contributed by atoms with Gasteiger partial charge in [0, 0.05) is 18.4 Å². The van der Waals surface area contributed by atoms with Crippen LogP contribution in [0.1, 0.15) is 13.3 Å². The molecule has 2 N–H and O–H groups in total. The van der Waals surface area contributed by atoms with Gasteiger partial charge in [-0.25, -0.2) is 23.3 Å². The fraction of sp³-hybridized carbons (Fsp3) is 0.286. The van der Waals surface area contributed by atoms with Crippen LogP contribution in [-0.4, -0.2) is 47.2 Å². The summed E-state index contributed by atoms with van der Waals surface area (Å²) in [7, 11) is -2.53. The molecule has 1 aromatic heterocycles. The molecule has 0 spiro atoms. The van der Waals surface area contributed by atoms with Crippen LogP contribution < -0.4 is 15.8 Å². The van der Waals surface area contributed by atoms with Crippen molar-refractivity contribution in [2.24, 2.45) is 0 Å². The molecule has 170 valence electrons. The largest absolute Gasteiger partial charge is 0.494 e. The summed E-state index contributed by atoms with van der Waals surface area (Å²) >= 11 is 0. The molecule has 1 amide bonds. The minimum absolute atomic E-state index is 0.0896. The third-order valence-corrected chi connectivity index (χ3v) is 7.58. The number of benzene rings is 2. The smallest absolute Gasteiger partial charge is 0.264 e. The van der Waals surface area contributed by atoms with Crippen LogP contribution in [-0.2, 0) is 21.2 Å². The monoisotopic (exact) mass is 463 g/mol. The van der Waals surface area contributed by atoms with Gasteiger partial charge in [-0.2, -0.15) is 0 Å². The SMILES string of the molecule is COc1cccc(-c2ccc3c(=O)n(CC[C@](C)(C(=O)NO)S(C)(=O)=O)cnc3c2)c1F. The third kappa shape index (κ3) is 4.08. The van der Waals surface area contributed by atoms with Gasteiger partial charge in [0.25, 0.3) is 11.5 Å². The fourth-order valence-electron chi connectivity index (χ4n) is 3.30. The number of nitrogens with zero attached hydrogens (tertiary/aromatic N) is 2. The van der Waals surface area contributed by atoms with Gasteiger partial charge in [0.15, 0.2) is 26.2 Å². The molecule has 9 nitrogen and oxygen atoms in total. The number of hydrogen-bond acceptors (Lipinski definition) is 7. The van der Waals surface area contributed by atoms with E-state index in [0.29, 0.717) is 11.1 Å². The number of hydrogen-bond donors (Lipinski definition) is 2. The maximum absolute atomic E-state index is 14.6. The highest BCUT2D eigenvalue weighted by molar-refractivity contribution is 7.92. The molecule has 0 aliphatic rings. The molecule has 3 aromatic rings. The van der Waals surface area contributed by atoms with Gasteiger partial charge in [0.1, 0.15) is 0 Å². The van der Waals surface area contributed by atoms with Crippen LogP contribution in [0.15, 0.2) is 47.5 Å². The number of ether oxygens (including phenoxy) is 1. The lowest BCUT2D eigenvalue weighted by molar-refractivity contribution is -0.131. The van der Waals surface area contributed by atoms with Gasteiger partial charge in [-0.1, -0.05) is 18.2 Å². The Balaban J connectivity index is 1.98. The van der Waals surface area contributed by atoms with Crippen LogP contribution in [0.3, 0.4) is 0 Å². The van der Waals surface area contributed by atoms with Crippen molar-refractivity contribution in [2.75, 3.05) is 13.4 Å². The zero-order chi connectivity index (χ0) is 23.7. The second-order valence-electron chi connectivity index (χ2n) is 7.49. The van der Waals surface area contributed by atoms with Crippen molar-refractivity contribution in [1.82, 2.24) is 15.0 Å². The molecule has 0 radical (unpaired) electrons. The molecule has 0 saturated carbocycles. The first kappa shape index (κ1) is 23.4. The summed E-state index contributed by atoms with van der Waals surface area (Å²) in [4.78, 5) is 29.1. The zero-order valence-electron chi connectivity index (χ0n) is 17.6. The highest BCUT2D eigenvalue weighted by Crippen LogP contribution is 2.30. The van der Waals surface area contributed by atoms with E-state index in [4.69, 9.17) is 9.94 Å². The quantitative estimate of drug-likeness (QED) is 0.405. The lowest BCUT2D eigenvalue weighted by Crippen LogP contribution is -2.50. The number of nitrogens with one attached hydrogen (secondary N) is 1. The fourth-order valence-corrected chi connectivity index (χ4v) is 4.14. The van der Waals surface area contributed by atoms with Gasteiger partial charge < -0.3 is 4.74 Å². The van der Waals surface area contributed by atoms with Gasteiger partial charge >= 0.3 is 0 Å². The van der Waals surface area contributed by atoms with Gasteiger partial charge in [0.05, 0.1) is 24.3 Å². The number of amides is 1. The van der Waals surface area contributed by atoms with Crippen molar-refractivity contribution in [3.05, 3.63) is 58.9 Å². The molecule has 32 heavy (non-hydrogen) atoms. The highest BCUT2D eigenvalue weighted by Gasteiger charge is 2.43. The van der Waals surface area contributed by atoms with E-state index in [9.17, 15) is 22.4 Å². The van der Waals surface area contributed by atoms with Gasteiger partial charge in [-0.3, -0.25) is 19.4 Å². The first-order valence-electron chi connectivity index (χ1n) is 9.49. The van der Waals surface area contributed by atoms with E-state index in [2.05, 4.69) is 4.98 Å². The second kappa shape index (κ2) is 8.67. The molecule has 0 fully saturated rings. The molecule has 2 aromatic carbocycles. The average molecular weight is 463 g/mol. The topological polar surface area (TPSA) is 128 Å². The Morgan fingerprint density at radius 2 is 2.03 bits per heavy atom. The number of sulfone groups is 1. The van der Waals surface area contributed by atoms with Crippen molar-refractivity contribution >= 4 is 26.6 Å². The maximum Gasteiger partial charge on any atom is 0.264 e. The third-order valence-electron chi connectivity index (χ3n) is 5.55. The molecule has 0 saturated heterocycles. The van der Waals surface area contributed by atoms with E-state index in [1.54, 1.807) is 24.3 Å². The molecular formula is C21H22FN3O6S. The summed E-state index contributed by atoms with van der Waals surface area (Å²) in [5.41, 5.74) is 2.03. The molecule has 11 heteroatoms. The van der Waals surface area contributed by atoms with Crippen molar-refractivity contribution in [2.45, 2.75) is 24.6 Å². The summed E-state index contributed by atoms with van der Waals surface area (Å²) < 4.78 is 43.0. The number of fused-ring (bicyclic) bond motifs is 1. The minimum Gasteiger partial charge on any atom is -0.494 e. The molecule has 0 unspecified atom stereocenters. The Labute approximate surface area is 183 Å². The highest BCUT2D eigenvalue weighted by atomic mass is 32.2. The summed E-state index contributed by atoms with van der Waals surface area (Å²) in [6.45, 7) is 1.04. The van der Waals surface area contributed by atoms with E-state index in [1.165, 1.54) is 42.5 Å². The normalized spacial score (nSPS) is 13.5. The van der Waals surface area contributed by atoms with Gasteiger partial charge in [-0.05, 0) is 37.1 Å². The Morgan fingerprint density at radius 3 is 2.66 bits per heavy atom. The summed E-state index contributed by atoms with van der Waals surface area (Å²) in [5.74, 6) is -1.54. The Kier molecular flexibility index (Phi) is 6.33. The van der Waals surface area contributed by atoms with Crippen molar-refractivity contribution < 1.29 is 27.5 Å². The number of halogens is 1. The molecule has 1 heterocycles. The molecule has 0 bridgehead atoms. The first-order chi connectivity index (χ1) is 15.0. The van der Waals surface area contributed by atoms with E-state index < -0.39 is 31.9 Å². The average Bonchev–Trinajstić information content (AvgIpc) is 2.77.